The zero-order chi connectivity index (χ0) is 23.7. The molecule has 186 valence electrons. The van der Waals surface area contributed by atoms with Gasteiger partial charge in [-0.05, 0) is 87.5 Å². The number of fused-ring (bicyclic) bond motifs is 6. The molecule has 4 aliphatic carbocycles. The lowest BCUT2D eigenvalue weighted by molar-refractivity contribution is -0.240. The Kier molecular flexibility index (Phi) is 4.36. The third kappa shape index (κ3) is 2.44. The topological polar surface area (TPSA) is 85.4 Å². The van der Waals surface area contributed by atoms with E-state index in [4.69, 9.17) is 14.2 Å². The van der Waals surface area contributed by atoms with Crippen molar-refractivity contribution in [2.75, 3.05) is 13.2 Å². The fourth-order valence-corrected chi connectivity index (χ4v) is 10.3. The van der Waals surface area contributed by atoms with Crippen molar-refractivity contribution in [3.63, 3.8) is 0 Å². The molecule has 0 aromatic carbocycles. The number of ether oxygens (including phenoxy) is 3. The second kappa shape index (κ2) is 6.74. The zero-order valence-electron chi connectivity index (χ0n) is 20.6. The van der Waals surface area contributed by atoms with Gasteiger partial charge in [-0.3, -0.25) is 9.59 Å². The summed E-state index contributed by atoms with van der Waals surface area (Å²) in [6.45, 7) is 7.01. The average Bonchev–Trinajstić information content (AvgIpc) is 3.38. The Hall–Kier alpha value is -1.24. The van der Waals surface area contributed by atoms with E-state index >= 15 is 0 Å². The average molecular weight is 471 g/mol. The SMILES string of the molecule is CC12CC(OC(=O)C1CO)C(C1CCC3C4CC5OC56CC=CC(=O)C6(C)C4CCC13C)CO2. The number of hydrogen-bond acceptors (Lipinski definition) is 6. The van der Waals surface area contributed by atoms with E-state index in [9.17, 15) is 14.7 Å². The van der Waals surface area contributed by atoms with E-state index in [1.54, 1.807) is 0 Å². The van der Waals surface area contributed by atoms with Gasteiger partial charge in [-0.25, -0.2) is 0 Å². The van der Waals surface area contributed by atoms with Gasteiger partial charge in [0.1, 0.15) is 17.6 Å². The molecular weight excluding hydrogens is 432 g/mol. The summed E-state index contributed by atoms with van der Waals surface area (Å²) in [4.78, 5) is 26.0. The van der Waals surface area contributed by atoms with Crippen molar-refractivity contribution >= 4 is 11.8 Å². The molecule has 34 heavy (non-hydrogen) atoms. The van der Waals surface area contributed by atoms with Gasteiger partial charge in [0.2, 0.25) is 0 Å². The summed E-state index contributed by atoms with van der Waals surface area (Å²) in [5.41, 5.74) is -1.08. The maximum absolute atomic E-state index is 13.3. The van der Waals surface area contributed by atoms with Gasteiger partial charge in [0.25, 0.3) is 0 Å². The van der Waals surface area contributed by atoms with Crippen LogP contribution in [0.1, 0.15) is 65.7 Å². The number of aliphatic hydroxyl groups is 1. The minimum absolute atomic E-state index is 0.124. The molecule has 1 N–H and O–H groups in total. The van der Waals surface area contributed by atoms with E-state index in [1.165, 1.54) is 6.42 Å². The summed E-state index contributed by atoms with van der Waals surface area (Å²) in [6.07, 6.45) is 11.1. The summed E-state index contributed by atoms with van der Waals surface area (Å²) >= 11 is 0. The van der Waals surface area contributed by atoms with Gasteiger partial charge < -0.3 is 19.3 Å². The second-order valence-corrected chi connectivity index (χ2v) is 13.2. The molecule has 6 nitrogen and oxygen atoms in total. The van der Waals surface area contributed by atoms with Crippen LogP contribution in [0.2, 0.25) is 0 Å². The number of esters is 1. The molecule has 3 saturated heterocycles. The predicted octanol–water partition coefficient (Wildman–Crippen LogP) is 3.45. The van der Waals surface area contributed by atoms with E-state index in [2.05, 4.69) is 13.8 Å². The van der Waals surface area contributed by atoms with Gasteiger partial charge in [0.15, 0.2) is 5.78 Å². The fourth-order valence-electron chi connectivity index (χ4n) is 10.3. The van der Waals surface area contributed by atoms with Crippen molar-refractivity contribution in [3.05, 3.63) is 12.2 Å². The van der Waals surface area contributed by atoms with Crippen LogP contribution in [0.5, 0.6) is 0 Å². The van der Waals surface area contributed by atoms with Crippen molar-refractivity contribution in [1.82, 2.24) is 0 Å². The molecule has 1 spiro atoms. The highest BCUT2D eigenvalue weighted by Crippen LogP contribution is 2.73. The molecule has 6 fully saturated rings. The third-order valence-electron chi connectivity index (χ3n) is 12.3. The quantitative estimate of drug-likeness (QED) is 0.492. The first kappa shape index (κ1) is 22.0. The Morgan fingerprint density at radius 1 is 1.06 bits per heavy atom. The van der Waals surface area contributed by atoms with Gasteiger partial charge >= 0.3 is 5.97 Å². The normalized spacial score (nSPS) is 59.4. The van der Waals surface area contributed by atoms with E-state index < -0.39 is 11.5 Å². The summed E-state index contributed by atoms with van der Waals surface area (Å²) in [7, 11) is 0. The molecule has 3 saturated carbocycles. The molecular formula is C28H38O6. The number of epoxide rings is 1. The molecule has 3 aliphatic heterocycles. The van der Waals surface area contributed by atoms with Crippen LogP contribution < -0.4 is 0 Å². The molecule has 2 bridgehead atoms. The van der Waals surface area contributed by atoms with Crippen LogP contribution >= 0.6 is 0 Å². The van der Waals surface area contributed by atoms with Crippen molar-refractivity contribution in [3.8, 4) is 0 Å². The number of allylic oxidation sites excluding steroid dienone is 1. The Morgan fingerprint density at radius 3 is 2.59 bits per heavy atom. The highest BCUT2D eigenvalue weighted by atomic mass is 16.6. The van der Waals surface area contributed by atoms with Gasteiger partial charge in [0.05, 0.1) is 30.3 Å². The van der Waals surface area contributed by atoms with E-state index in [0.717, 1.165) is 32.1 Å². The Labute approximate surface area is 201 Å². The highest BCUT2D eigenvalue weighted by Gasteiger charge is 2.77. The first-order valence-electron chi connectivity index (χ1n) is 13.5. The maximum Gasteiger partial charge on any atom is 0.314 e. The lowest BCUT2D eigenvalue weighted by Crippen LogP contribution is -2.62. The van der Waals surface area contributed by atoms with Crippen LogP contribution in [0.4, 0.5) is 0 Å². The molecule has 12 atom stereocenters. The number of hydrogen-bond donors (Lipinski definition) is 1. The minimum atomic E-state index is -0.624. The van der Waals surface area contributed by atoms with Crippen LogP contribution in [0.25, 0.3) is 0 Å². The molecule has 3 heterocycles. The second-order valence-electron chi connectivity index (χ2n) is 13.2. The number of aliphatic hydroxyl groups excluding tert-OH is 1. The Bertz CT molecular complexity index is 976. The zero-order valence-corrected chi connectivity index (χ0v) is 20.6. The summed E-state index contributed by atoms with van der Waals surface area (Å²) in [6, 6.07) is 0. The van der Waals surface area contributed by atoms with Gasteiger partial charge in [-0.2, -0.15) is 0 Å². The van der Waals surface area contributed by atoms with Crippen molar-refractivity contribution in [2.45, 2.75) is 89.1 Å². The predicted molar refractivity (Wildman–Crippen MR) is 123 cm³/mol. The van der Waals surface area contributed by atoms with Gasteiger partial charge in [0, 0.05) is 12.3 Å². The lowest BCUT2D eigenvalue weighted by Gasteiger charge is -2.58. The van der Waals surface area contributed by atoms with Crippen LogP contribution in [0.15, 0.2) is 12.2 Å². The van der Waals surface area contributed by atoms with Crippen molar-refractivity contribution in [1.29, 1.82) is 0 Å². The maximum atomic E-state index is 13.3. The van der Waals surface area contributed by atoms with Crippen LogP contribution in [-0.4, -0.2) is 53.5 Å². The molecule has 0 aromatic heterocycles. The Balaban J connectivity index is 1.17. The molecule has 6 heteroatoms. The van der Waals surface area contributed by atoms with Gasteiger partial charge in [-0.1, -0.05) is 13.0 Å². The molecule has 12 unspecified atom stereocenters. The standard InChI is InChI=1S/C28H38O6/c1-25-10-8-19-15(11-23-28(34-23)9-4-5-22(30)27(19,28)3)17(25)6-7-18(25)16-14-32-26(2)12-21(16)33-24(31)20(26)13-29/h4-5,15-21,23,29H,6-14H2,1-3H3. The molecule has 0 radical (unpaired) electrons. The first-order chi connectivity index (χ1) is 16.2. The number of rotatable bonds is 2. The summed E-state index contributed by atoms with van der Waals surface area (Å²) in [5.74, 6) is 1.53. The molecule has 0 amide bonds. The number of carbonyl (C=O) groups is 2. The highest BCUT2D eigenvalue weighted by molar-refractivity contribution is 5.97. The fraction of sp³-hybridized carbons (Fsp3) is 0.857. The lowest BCUT2D eigenvalue weighted by atomic mass is 9.44. The van der Waals surface area contributed by atoms with E-state index in [0.29, 0.717) is 36.7 Å². The molecule has 7 rings (SSSR count). The van der Waals surface area contributed by atoms with Crippen LogP contribution in [-0.2, 0) is 23.8 Å². The number of ketones is 1. The van der Waals surface area contributed by atoms with Crippen molar-refractivity contribution in [2.24, 2.45) is 46.3 Å². The van der Waals surface area contributed by atoms with Gasteiger partial charge in [-0.15, -0.1) is 0 Å². The van der Waals surface area contributed by atoms with Crippen molar-refractivity contribution < 1.29 is 28.9 Å². The monoisotopic (exact) mass is 470 g/mol. The summed E-state index contributed by atoms with van der Waals surface area (Å²) < 4.78 is 18.7. The molecule has 7 aliphatic rings. The van der Waals surface area contributed by atoms with E-state index in [-0.39, 0.29) is 52.9 Å². The van der Waals surface area contributed by atoms with Crippen LogP contribution in [0.3, 0.4) is 0 Å². The Morgan fingerprint density at radius 2 is 1.82 bits per heavy atom. The minimum Gasteiger partial charge on any atom is -0.461 e. The smallest absolute Gasteiger partial charge is 0.314 e. The molecule has 0 aromatic rings. The largest absolute Gasteiger partial charge is 0.461 e. The third-order valence-corrected chi connectivity index (χ3v) is 12.3. The first-order valence-corrected chi connectivity index (χ1v) is 13.5. The van der Waals surface area contributed by atoms with Crippen LogP contribution in [0, 0.1) is 46.3 Å². The summed E-state index contributed by atoms with van der Waals surface area (Å²) in [5, 5.41) is 9.75. The number of carbonyl (C=O) groups excluding carboxylic acids is 2. The van der Waals surface area contributed by atoms with E-state index in [1.807, 2.05) is 19.1 Å².